The Balaban J connectivity index is 2.54. The third kappa shape index (κ3) is 5.25. The second-order valence-electron chi connectivity index (χ2n) is 4.54. The largest absolute Gasteiger partial charge is 0.480 e. The van der Waals surface area contributed by atoms with E-state index in [2.05, 4.69) is 15.4 Å². The predicted molar refractivity (Wildman–Crippen MR) is 66.5 cm³/mol. The molecule has 108 valence electrons. The van der Waals surface area contributed by atoms with E-state index in [1.54, 1.807) is 0 Å². The lowest BCUT2D eigenvalue weighted by atomic mass is 10.1. The van der Waals surface area contributed by atoms with Crippen LogP contribution in [0.5, 0.6) is 0 Å². The molecule has 0 saturated carbocycles. The quantitative estimate of drug-likeness (QED) is 0.591. The van der Waals surface area contributed by atoms with Gasteiger partial charge in [0.1, 0.15) is 6.04 Å². The van der Waals surface area contributed by atoms with Crippen LogP contribution in [0.1, 0.15) is 32.1 Å². The lowest BCUT2D eigenvalue weighted by Gasteiger charge is -2.19. The van der Waals surface area contributed by atoms with Crippen LogP contribution in [0.15, 0.2) is 0 Å². The number of aliphatic carboxylic acids is 1. The van der Waals surface area contributed by atoms with Gasteiger partial charge in [-0.1, -0.05) is 12.8 Å². The third-order valence-electron chi connectivity index (χ3n) is 3.09. The number of amides is 1. The Kier molecular flexibility index (Phi) is 6.27. The normalized spacial score (nSPS) is 21.0. The van der Waals surface area contributed by atoms with E-state index in [9.17, 15) is 14.4 Å². The Morgan fingerprint density at radius 3 is 2.74 bits per heavy atom. The summed E-state index contributed by atoms with van der Waals surface area (Å²) in [6, 6.07) is -1.63. The molecule has 19 heavy (non-hydrogen) atoms. The summed E-state index contributed by atoms with van der Waals surface area (Å²) in [7, 11) is 1.18. The van der Waals surface area contributed by atoms with Crippen LogP contribution in [-0.2, 0) is 19.1 Å². The standard InChI is InChI=1S/C12H20N2O5/c1-19-10(15)7-9(12(17)18)14-11(16)8-5-3-2-4-6-13-8/h8-9,13H,2-7H2,1H3,(H,14,16)(H,17,18)/t8?,9-/m0/s1. The fourth-order valence-electron chi connectivity index (χ4n) is 1.97. The number of hydrogen-bond donors (Lipinski definition) is 3. The number of nitrogens with one attached hydrogen (secondary N) is 2. The molecule has 7 heteroatoms. The van der Waals surface area contributed by atoms with Crippen LogP contribution in [0.3, 0.4) is 0 Å². The molecule has 1 amide bonds. The fourth-order valence-corrected chi connectivity index (χ4v) is 1.97. The molecule has 1 rings (SSSR count). The maximum absolute atomic E-state index is 11.9. The van der Waals surface area contributed by atoms with Crippen molar-refractivity contribution in [3.05, 3.63) is 0 Å². The Morgan fingerprint density at radius 2 is 2.11 bits per heavy atom. The van der Waals surface area contributed by atoms with E-state index in [-0.39, 0.29) is 18.4 Å². The highest BCUT2D eigenvalue weighted by atomic mass is 16.5. The van der Waals surface area contributed by atoms with Crippen molar-refractivity contribution < 1.29 is 24.2 Å². The molecule has 1 unspecified atom stereocenters. The number of carboxylic acid groups (broad SMARTS) is 1. The SMILES string of the molecule is COC(=O)C[C@H](NC(=O)C1CCCCCN1)C(=O)O. The maximum atomic E-state index is 11.9. The van der Waals surface area contributed by atoms with Crippen LogP contribution in [0.2, 0.25) is 0 Å². The first-order valence-electron chi connectivity index (χ1n) is 6.38. The number of rotatable bonds is 5. The Labute approximate surface area is 111 Å². The van der Waals surface area contributed by atoms with Crippen LogP contribution < -0.4 is 10.6 Å². The van der Waals surface area contributed by atoms with Crippen molar-refractivity contribution in [2.24, 2.45) is 0 Å². The fraction of sp³-hybridized carbons (Fsp3) is 0.750. The van der Waals surface area contributed by atoms with Gasteiger partial charge in [-0.2, -0.15) is 0 Å². The zero-order valence-electron chi connectivity index (χ0n) is 11.0. The van der Waals surface area contributed by atoms with Gasteiger partial charge in [-0.15, -0.1) is 0 Å². The van der Waals surface area contributed by atoms with E-state index in [1.165, 1.54) is 7.11 Å². The highest BCUT2D eigenvalue weighted by Crippen LogP contribution is 2.09. The molecule has 0 spiro atoms. The smallest absolute Gasteiger partial charge is 0.326 e. The zero-order chi connectivity index (χ0) is 14.3. The van der Waals surface area contributed by atoms with Gasteiger partial charge in [0.2, 0.25) is 5.91 Å². The molecular weight excluding hydrogens is 252 g/mol. The molecule has 0 bridgehead atoms. The van der Waals surface area contributed by atoms with Crippen molar-refractivity contribution in [1.29, 1.82) is 0 Å². The summed E-state index contributed by atoms with van der Waals surface area (Å²) in [5.74, 6) is -2.29. The lowest BCUT2D eigenvalue weighted by Crippen LogP contribution is -2.50. The summed E-state index contributed by atoms with van der Waals surface area (Å²) in [6.07, 6.45) is 3.30. The lowest BCUT2D eigenvalue weighted by molar-refractivity contribution is -0.149. The molecule has 1 aliphatic rings. The zero-order valence-corrected chi connectivity index (χ0v) is 11.0. The van der Waals surface area contributed by atoms with Crippen molar-refractivity contribution in [2.75, 3.05) is 13.7 Å². The molecule has 0 aromatic carbocycles. The minimum Gasteiger partial charge on any atom is -0.480 e. The summed E-state index contributed by atoms with van der Waals surface area (Å²) < 4.78 is 4.41. The number of methoxy groups -OCH3 is 1. The van der Waals surface area contributed by atoms with Gasteiger partial charge in [0.15, 0.2) is 0 Å². The first-order valence-corrected chi connectivity index (χ1v) is 6.38. The second-order valence-corrected chi connectivity index (χ2v) is 4.54. The molecule has 7 nitrogen and oxygen atoms in total. The van der Waals surface area contributed by atoms with Gasteiger partial charge in [0.25, 0.3) is 0 Å². The van der Waals surface area contributed by atoms with E-state index >= 15 is 0 Å². The summed E-state index contributed by atoms with van der Waals surface area (Å²) in [5, 5.41) is 14.4. The number of hydrogen-bond acceptors (Lipinski definition) is 5. The summed E-state index contributed by atoms with van der Waals surface area (Å²) >= 11 is 0. The van der Waals surface area contributed by atoms with Gasteiger partial charge in [0.05, 0.1) is 19.6 Å². The van der Waals surface area contributed by atoms with Crippen LogP contribution in [0, 0.1) is 0 Å². The average molecular weight is 272 g/mol. The molecule has 1 aliphatic heterocycles. The summed E-state index contributed by atoms with van der Waals surface area (Å²) in [5.41, 5.74) is 0. The molecule has 0 aliphatic carbocycles. The van der Waals surface area contributed by atoms with Gasteiger partial charge in [-0.05, 0) is 19.4 Å². The molecule has 1 heterocycles. The monoisotopic (exact) mass is 272 g/mol. The van der Waals surface area contributed by atoms with Crippen molar-refractivity contribution >= 4 is 17.8 Å². The molecule has 0 aromatic heterocycles. The van der Waals surface area contributed by atoms with Gasteiger partial charge in [0, 0.05) is 0 Å². The summed E-state index contributed by atoms with van der Waals surface area (Å²) in [6.45, 7) is 0.743. The van der Waals surface area contributed by atoms with Crippen LogP contribution in [0.25, 0.3) is 0 Å². The summed E-state index contributed by atoms with van der Waals surface area (Å²) in [4.78, 5) is 34.0. The molecule has 0 radical (unpaired) electrons. The van der Waals surface area contributed by atoms with E-state index < -0.39 is 18.0 Å². The van der Waals surface area contributed by atoms with Crippen LogP contribution in [-0.4, -0.2) is 48.7 Å². The van der Waals surface area contributed by atoms with Crippen molar-refractivity contribution in [2.45, 2.75) is 44.2 Å². The molecule has 1 saturated heterocycles. The van der Waals surface area contributed by atoms with Gasteiger partial charge >= 0.3 is 11.9 Å². The van der Waals surface area contributed by atoms with E-state index in [0.717, 1.165) is 25.8 Å². The Hall–Kier alpha value is -1.63. The first kappa shape index (κ1) is 15.4. The van der Waals surface area contributed by atoms with Crippen molar-refractivity contribution in [3.63, 3.8) is 0 Å². The Morgan fingerprint density at radius 1 is 1.37 bits per heavy atom. The average Bonchev–Trinajstić information content (AvgIpc) is 2.66. The number of carbonyl (C=O) groups excluding carboxylic acids is 2. The van der Waals surface area contributed by atoms with Gasteiger partial charge in [-0.25, -0.2) is 4.79 Å². The van der Waals surface area contributed by atoms with E-state index in [0.29, 0.717) is 6.42 Å². The highest BCUT2D eigenvalue weighted by Gasteiger charge is 2.27. The number of ether oxygens (including phenoxy) is 1. The molecular formula is C12H20N2O5. The molecule has 0 aromatic rings. The maximum Gasteiger partial charge on any atom is 0.326 e. The Bertz CT molecular complexity index is 337. The first-order chi connectivity index (χ1) is 9.04. The minimum atomic E-state index is -1.25. The van der Waals surface area contributed by atoms with Gasteiger partial charge < -0.3 is 20.5 Å². The van der Waals surface area contributed by atoms with Crippen LogP contribution >= 0.6 is 0 Å². The molecule has 1 fully saturated rings. The molecule has 3 N–H and O–H groups in total. The highest BCUT2D eigenvalue weighted by molar-refractivity contribution is 5.89. The van der Waals surface area contributed by atoms with E-state index in [1.807, 2.05) is 0 Å². The van der Waals surface area contributed by atoms with E-state index in [4.69, 9.17) is 5.11 Å². The topological polar surface area (TPSA) is 105 Å². The second kappa shape index (κ2) is 7.73. The van der Waals surface area contributed by atoms with Crippen molar-refractivity contribution in [3.8, 4) is 0 Å². The number of carboxylic acids is 1. The number of esters is 1. The molecule has 2 atom stereocenters. The van der Waals surface area contributed by atoms with Crippen LogP contribution in [0.4, 0.5) is 0 Å². The minimum absolute atomic E-state index is 0.371. The van der Waals surface area contributed by atoms with Gasteiger partial charge in [-0.3, -0.25) is 9.59 Å². The van der Waals surface area contributed by atoms with Crippen molar-refractivity contribution in [1.82, 2.24) is 10.6 Å². The predicted octanol–water partition coefficient (Wildman–Crippen LogP) is -0.349. The third-order valence-corrected chi connectivity index (χ3v) is 3.09. The number of carbonyl (C=O) groups is 3.